The fourth-order valence-corrected chi connectivity index (χ4v) is 6.48. The number of benzene rings is 2. The van der Waals surface area contributed by atoms with Crippen LogP contribution in [-0.4, -0.2) is 6.18 Å². The van der Waals surface area contributed by atoms with Gasteiger partial charge < -0.3 is 0 Å². The van der Waals surface area contributed by atoms with E-state index in [4.69, 9.17) is 0 Å². The van der Waals surface area contributed by atoms with Crippen LogP contribution in [0.2, 0.25) is 0 Å². The van der Waals surface area contributed by atoms with Gasteiger partial charge in [-0.3, -0.25) is 0 Å². The lowest BCUT2D eigenvalue weighted by molar-refractivity contribution is -0.0790. The molecule has 208 valence electrons. The molecule has 0 unspecified atom stereocenters. The van der Waals surface area contributed by atoms with Crippen LogP contribution in [0.25, 0.3) is 6.08 Å². The van der Waals surface area contributed by atoms with E-state index < -0.39 is 35.0 Å². The van der Waals surface area contributed by atoms with E-state index in [1.807, 2.05) is 0 Å². The summed E-state index contributed by atoms with van der Waals surface area (Å²) in [5.74, 6) is -1.21. The molecular weight excluding hydrogens is 505 g/mol. The predicted octanol–water partition coefficient (Wildman–Crippen LogP) is 10.1. The Hall–Kier alpha value is -2.31. The number of aryl methyl sites for hydroxylation is 1. The van der Waals surface area contributed by atoms with E-state index in [1.165, 1.54) is 44.2 Å². The first-order valence-electron chi connectivity index (χ1n) is 13.8. The molecule has 0 spiro atoms. The van der Waals surface area contributed by atoms with Crippen molar-refractivity contribution in [3.8, 4) is 0 Å². The van der Waals surface area contributed by atoms with Crippen LogP contribution in [0.4, 0.5) is 30.7 Å². The Labute approximate surface area is 220 Å². The first kappa shape index (κ1) is 28.7. The Morgan fingerprint density at radius 3 is 1.74 bits per heavy atom. The SMILES string of the molecule is CCC1CCC(C2CCC(c3cc(F)c(CCc4cc(F)c(/C=C/C(F)(F)F)c(F)c4)c(F)c3)CC2)CC1. The summed E-state index contributed by atoms with van der Waals surface area (Å²) in [6.07, 6.45) is 5.70. The van der Waals surface area contributed by atoms with Crippen molar-refractivity contribution in [3.05, 3.63) is 75.9 Å². The van der Waals surface area contributed by atoms with Gasteiger partial charge in [0.2, 0.25) is 0 Å². The van der Waals surface area contributed by atoms with E-state index in [9.17, 15) is 30.7 Å². The Kier molecular flexibility index (Phi) is 9.25. The van der Waals surface area contributed by atoms with Crippen molar-refractivity contribution in [2.45, 2.75) is 89.6 Å². The summed E-state index contributed by atoms with van der Waals surface area (Å²) >= 11 is 0. The third-order valence-corrected chi connectivity index (χ3v) is 8.78. The van der Waals surface area contributed by atoms with Gasteiger partial charge in [-0.1, -0.05) is 26.2 Å². The van der Waals surface area contributed by atoms with Crippen LogP contribution in [0, 0.1) is 41.0 Å². The van der Waals surface area contributed by atoms with E-state index in [0.717, 1.165) is 49.7 Å². The maximum Gasteiger partial charge on any atom is 0.409 e. The Bertz CT molecular complexity index is 1070. The van der Waals surface area contributed by atoms with Crippen molar-refractivity contribution in [3.63, 3.8) is 0 Å². The molecule has 2 saturated carbocycles. The molecule has 0 saturated heterocycles. The first-order chi connectivity index (χ1) is 18.0. The molecule has 7 heteroatoms. The van der Waals surface area contributed by atoms with Gasteiger partial charge in [-0.05, 0) is 117 Å². The topological polar surface area (TPSA) is 0 Å². The standard InChI is InChI=1S/C31H35F7/c1-2-19-3-6-21(7-4-19)22-8-10-23(11-9-22)24-17-29(34)25(30(35)18-24)12-5-20-15-27(32)26(28(33)16-20)13-14-31(36,37)38/h13-19,21-23H,2-12H2,1H3/b14-13+. The highest BCUT2D eigenvalue weighted by molar-refractivity contribution is 5.52. The molecular formula is C31H35F7. The number of halogens is 7. The number of hydrogen-bond donors (Lipinski definition) is 0. The number of allylic oxidation sites excluding steroid dienone is 1. The molecule has 0 bridgehead atoms. The molecule has 0 aromatic heterocycles. The second-order valence-electron chi connectivity index (χ2n) is 11.1. The normalized spacial score (nSPS) is 24.7. The molecule has 4 rings (SSSR count). The average Bonchev–Trinajstić information content (AvgIpc) is 2.87. The fourth-order valence-electron chi connectivity index (χ4n) is 6.48. The summed E-state index contributed by atoms with van der Waals surface area (Å²) in [4.78, 5) is 0. The summed E-state index contributed by atoms with van der Waals surface area (Å²) in [5, 5.41) is 0. The second-order valence-corrected chi connectivity index (χ2v) is 11.1. The van der Waals surface area contributed by atoms with Gasteiger partial charge in [0.25, 0.3) is 0 Å². The van der Waals surface area contributed by atoms with Crippen molar-refractivity contribution in [2.24, 2.45) is 17.8 Å². The molecule has 0 atom stereocenters. The van der Waals surface area contributed by atoms with Gasteiger partial charge in [0.05, 0.1) is 0 Å². The van der Waals surface area contributed by atoms with Gasteiger partial charge in [0, 0.05) is 17.2 Å². The minimum atomic E-state index is -4.70. The van der Waals surface area contributed by atoms with E-state index in [1.54, 1.807) is 0 Å². The largest absolute Gasteiger partial charge is 0.409 e. The fraction of sp³-hybridized carbons (Fsp3) is 0.548. The van der Waals surface area contributed by atoms with Gasteiger partial charge in [-0.15, -0.1) is 0 Å². The van der Waals surface area contributed by atoms with Gasteiger partial charge >= 0.3 is 6.18 Å². The molecule has 0 N–H and O–H groups in total. The quantitative estimate of drug-likeness (QED) is 0.307. The van der Waals surface area contributed by atoms with Crippen molar-refractivity contribution < 1.29 is 30.7 Å². The van der Waals surface area contributed by atoms with Crippen LogP contribution >= 0.6 is 0 Å². The third kappa shape index (κ3) is 7.20. The minimum absolute atomic E-state index is 0.0598. The van der Waals surface area contributed by atoms with Crippen LogP contribution in [-0.2, 0) is 12.8 Å². The Balaban J connectivity index is 1.36. The van der Waals surface area contributed by atoms with Crippen LogP contribution in [0.15, 0.2) is 30.3 Å². The van der Waals surface area contributed by atoms with Gasteiger partial charge in [0.15, 0.2) is 0 Å². The number of rotatable bonds is 7. The molecule has 0 radical (unpaired) electrons. The van der Waals surface area contributed by atoms with E-state index in [2.05, 4.69) is 6.92 Å². The predicted molar refractivity (Wildman–Crippen MR) is 136 cm³/mol. The van der Waals surface area contributed by atoms with Gasteiger partial charge in [0.1, 0.15) is 23.3 Å². The highest BCUT2D eigenvalue weighted by Crippen LogP contribution is 2.44. The van der Waals surface area contributed by atoms with E-state index in [0.29, 0.717) is 17.6 Å². The molecule has 0 amide bonds. The lowest BCUT2D eigenvalue weighted by Crippen LogP contribution is -2.25. The Morgan fingerprint density at radius 2 is 1.24 bits per heavy atom. The molecule has 0 aliphatic heterocycles. The highest BCUT2D eigenvalue weighted by Gasteiger charge is 2.31. The molecule has 2 aromatic carbocycles. The van der Waals surface area contributed by atoms with Crippen LogP contribution in [0.1, 0.15) is 92.9 Å². The van der Waals surface area contributed by atoms with Crippen LogP contribution in [0.5, 0.6) is 0 Å². The lowest BCUT2D eigenvalue weighted by atomic mass is 9.68. The summed E-state index contributed by atoms with van der Waals surface area (Å²) in [5.41, 5.74) is -0.193. The molecule has 2 aliphatic rings. The maximum atomic E-state index is 14.9. The smallest absolute Gasteiger partial charge is 0.207 e. The lowest BCUT2D eigenvalue weighted by Gasteiger charge is -2.38. The summed E-state index contributed by atoms with van der Waals surface area (Å²) in [6, 6.07) is 4.58. The third-order valence-electron chi connectivity index (χ3n) is 8.78. The van der Waals surface area contributed by atoms with Crippen LogP contribution in [0.3, 0.4) is 0 Å². The molecule has 0 nitrogen and oxygen atoms in total. The van der Waals surface area contributed by atoms with Gasteiger partial charge in [-0.25, -0.2) is 17.6 Å². The van der Waals surface area contributed by atoms with E-state index >= 15 is 0 Å². The zero-order chi connectivity index (χ0) is 27.4. The zero-order valence-corrected chi connectivity index (χ0v) is 21.7. The second kappa shape index (κ2) is 12.3. The highest BCUT2D eigenvalue weighted by atomic mass is 19.4. The number of alkyl halides is 3. The molecule has 2 aliphatic carbocycles. The van der Waals surface area contributed by atoms with Crippen molar-refractivity contribution >= 4 is 6.08 Å². The minimum Gasteiger partial charge on any atom is -0.207 e. The molecule has 2 fully saturated rings. The monoisotopic (exact) mass is 540 g/mol. The Morgan fingerprint density at radius 1 is 0.711 bits per heavy atom. The maximum absolute atomic E-state index is 14.9. The van der Waals surface area contributed by atoms with Crippen LogP contribution < -0.4 is 0 Å². The van der Waals surface area contributed by atoms with Crippen molar-refractivity contribution in [1.82, 2.24) is 0 Å². The van der Waals surface area contributed by atoms with E-state index in [-0.39, 0.29) is 36.0 Å². The summed E-state index contributed by atoms with van der Waals surface area (Å²) < 4.78 is 95.3. The first-order valence-corrected chi connectivity index (χ1v) is 13.8. The average molecular weight is 541 g/mol. The van der Waals surface area contributed by atoms with Crippen molar-refractivity contribution in [1.29, 1.82) is 0 Å². The zero-order valence-electron chi connectivity index (χ0n) is 21.7. The molecule has 0 heterocycles. The number of hydrogen-bond acceptors (Lipinski definition) is 0. The van der Waals surface area contributed by atoms with Gasteiger partial charge in [-0.2, -0.15) is 13.2 Å². The summed E-state index contributed by atoms with van der Waals surface area (Å²) in [7, 11) is 0. The van der Waals surface area contributed by atoms with Crippen molar-refractivity contribution in [2.75, 3.05) is 0 Å². The summed E-state index contributed by atoms with van der Waals surface area (Å²) in [6.45, 7) is 2.26. The molecule has 38 heavy (non-hydrogen) atoms. The molecule has 2 aromatic rings.